The number of nitrogens with zero attached hydrogens (tertiary/aromatic N) is 1. The predicted octanol–water partition coefficient (Wildman–Crippen LogP) is 3.47. The predicted molar refractivity (Wildman–Crippen MR) is 151 cm³/mol. The lowest BCUT2D eigenvalue weighted by atomic mass is 9.70. The van der Waals surface area contributed by atoms with Gasteiger partial charge in [0.05, 0.1) is 17.9 Å². The first-order chi connectivity index (χ1) is 18.8. The van der Waals surface area contributed by atoms with Crippen LogP contribution in [0.25, 0.3) is 0 Å². The highest BCUT2D eigenvalue weighted by Crippen LogP contribution is 2.60. The fraction of sp³-hybridized carbons (Fsp3) is 0.500. The molecule has 0 saturated carbocycles. The maximum Gasteiger partial charge on any atom is 0.250 e. The van der Waals surface area contributed by atoms with Gasteiger partial charge in [-0.3, -0.25) is 14.4 Å². The van der Waals surface area contributed by atoms with E-state index in [1.54, 1.807) is 4.90 Å². The van der Waals surface area contributed by atoms with Crippen LogP contribution in [-0.4, -0.2) is 63.5 Å². The number of carbonyl (C=O) groups is 3. The Morgan fingerprint density at radius 2 is 1.77 bits per heavy atom. The molecule has 1 spiro atoms. The van der Waals surface area contributed by atoms with Gasteiger partial charge in [0.2, 0.25) is 17.7 Å². The Labute approximate surface area is 237 Å². The number of aryl methyl sites for hydroxylation is 2. The van der Waals surface area contributed by atoms with Crippen molar-refractivity contribution in [1.82, 2.24) is 10.2 Å². The van der Waals surface area contributed by atoms with Gasteiger partial charge in [-0.05, 0) is 56.2 Å². The Balaban J connectivity index is 1.45. The van der Waals surface area contributed by atoms with Crippen LogP contribution in [0.3, 0.4) is 0 Å². The van der Waals surface area contributed by atoms with E-state index < -0.39 is 29.6 Å². The number of rotatable bonds is 10. The molecule has 9 heteroatoms. The molecule has 6 atom stereocenters. The molecular weight excluding hydrogens is 562 g/mol. The summed E-state index contributed by atoms with van der Waals surface area (Å²) in [4.78, 5) is 43.2. The summed E-state index contributed by atoms with van der Waals surface area (Å²) in [6.45, 7) is 4.67. The van der Waals surface area contributed by atoms with Gasteiger partial charge in [0, 0.05) is 30.2 Å². The Morgan fingerprint density at radius 3 is 2.46 bits per heavy atom. The second kappa shape index (κ2) is 11.4. The number of nitrogens with one attached hydrogen (secondary N) is 2. The van der Waals surface area contributed by atoms with Gasteiger partial charge >= 0.3 is 0 Å². The standard InChI is InChI=1S/C30H36BrN3O5/c1-18-10-9-11-19(2)24(18)33-28(37)26-30-16-21(31)25(39-30)22(27(36)32-17-20-12-5-3-6-13-20)23(30)29(38)34(26)14-7-4-8-15-35/h3,5-6,9-13,21-23,25-26,35H,4,7-8,14-17H2,1-2H3,(H,32,36)(H,33,37)/t21?,22-,23+,25-,26?,30?/m1/s1. The fourth-order valence-corrected chi connectivity index (χ4v) is 7.59. The second-order valence-corrected chi connectivity index (χ2v) is 12.1. The molecule has 3 saturated heterocycles. The molecular formula is C30H36BrN3O5. The molecule has 208 valence electrons. The summed E-state index contributed by atoms with van der Waals surface area (Å²) in [5.74, 6) is -2.17. The zero-order valence-corrected chi connectivity index (χ0v) is 23.9. The first-order valence-electron chi connectivity index (χ1n) is 13.7. The highest BCUT2D eigenvalue weighted by atomic mass is 79.9. The molecule has 3 aliphatic rings. The lowest BCUT2D eigenvalue weighted by Crippen LogP contribution is -2.54. The van der Waals surface area contributed by atoms with Crippen molar-refractivity contribution in [2.24, 2.45) is 11.8 Å². The van der Waals surface area contributed by atoms with Gasteiger partial charge in [0.25, 0.3) is 0 Å². The number of ether oxygens (including phenoxy) is 1. The summed E-state index contributed by atoms with van der Waals surface area (Å²) in [7, 11) is 0. The van der Waals surface area contributed by atoms with Crippen LogP contribution in [-0.2, 0) is 25.7 Å². The highest BCUT2D eigenvalue weighted by Gasteiger charge is 2.76. The molecule has 3 unspecified atom stereocenters. The van der Waals surface area contributed by atoms with Crippen molar-refractivity contribution in [1.29, 1.82) is 0 Å². The van der Waals surface area contributed by atoms with Crippen LogP contribution in [0.15, 0.2) is 48.5 Å². The molecule has 0 radical (unpaired) electrons. The molecule has 3 heterocycles. The largest absolute Gasteiger partial charge is 0.396 e. The summed E-state index contributed by atoms with van der Waals surface area (Å²) in [5.41, 5.74) is 2.47. The molecule has 3 amide bonds. The number of para-hydroxylation sites is 1. The van der Waals surface area contributed by atoms with Gasteiger partial charge in [0.15, 0.2) is 0 Å². The number of benzene rings is 2. The van der Waals surface area contributed by atoms with E-state index in [1.807, 2.05) is 62.4 Å². The van der Waals surface area contributed by atoms with E-state index in [0.717, 1.165) is 28.8 Å². The van der Waals surface area contributed by atoms with E-state index in [0.29, 0.717) is 32.4 Å². The van der Waals surface area contributed by atoms with Gasteiger partial charge in [-0.1, -0.05) is 64.5 Å². The van der Waals surface area contributed by atoms with Crippen molar-refractivity contribution in [2.45, 2.75) is 68.6 Å². The first-order valence-corrected chi connectivity index (χ1v) is 14.6. The van der Waals surface area contributed by atoms with Crippen LogP contribution in [0.1, 0.15) is 42.4 Å². The van der Waals surface area contributed by atoms with E-state index >= 15 is 0 Å². The molecule has 0 aromatic heterocycles. The average Bonchev–Trinajstić information content (AvgIpc) is 3.51. The molecule has 39 heavy (non-hydrogen) atoms. The summed E-state index contributed by atoms with van der Waals surface area (Å²) in [6, 6.07) is 14.6. The molecule has 3 N–H and O–H groups in total. The van der Waals surface area contributed by atoms with Crippen molar-refractivity contribution in [2.75, 3.05) is 18.5 Å². The number of amides is 3. The van der Waals surface area contributed by atoms with E-state index in [1.165, 1.54) is 0 Å². The molecule has 3 fully saturated rings. The van der Waals surface area contributed by atoms with Crippen LogP contribution in [0, 0.1) is 25.7 Å². The highest BCUT2D eigenvalue weighted by molar-refractivity contribution is 9.09. The third kappa shape index (κ3) is 5.00. The third-order valence-corrected chi connectivity index (χ3v) is 9.28. The Morgan fingerprint density at radius 1 is 1.05 bits per heavy atom. The fourth-order valence-electron chi connectivity index (χ4n) is 6.65. The second-order valence-electron chi connectivity index (χ2n) is 10.9. The number of aliphatic hydroxyl groups excluding tert-OH is 1. The molecule has 5 rings (SSSR count). The van der Waals surface area contributed by atoms with Crippen LogP contribution in [0.2, 0.25) is 0 Å². The van der Waals surface area contributed by atoms with Crippen molar-refractivity contribution in [3.63, 3.8) is 0 Å². The van der Waals surface area contributed by atoms with E-state index in [4.69, 9.17) is 4.74 Å². The van der Waals surface area contributed by atoms with Gasteiger partial charge < -0.3 is 25.4 Å². The smallest absolute Gasteiger partial charge is 0.250 e. The molecule has 8 nitrogen and oxygen atoms in total. The number of anilines is 1. The first kappa shape index (κ1) is 27.8. The number of fused-ring (bicyclic) bond motifs is 1. The van der Waals surface area contributed by atoms with Crippen LogP contribution in [0.5, 0.6) is 0 Å². The molecule has 2 aromatic carbocycles. The zero-order valence-electron chi connectivity index (χ0n) is 22.4. The van der Waals surface area contributed by atoms with Crippen molar-refractivity contribution in [3.05, 3.63) is 65.2 Å². The molecule has 2 bridgehead atoms. The van der Waals surface area contributed by atoms with Gasteiger partial charge in [-0.25, -0.2) is 0 Å². The van der Waals surface area contributed by atoms with Crippen molar-refractivity contribution in [3.8, 4) is 0 Å². The normalized spacial score (nSPS) is 29.0. The third-order valence-electron chi connectivity index (χ3n) is 8.44. The minimum atomic E-state index is -1.09. The number of hydrogen-bond donors (Lipinski definition) is 3. The quantitative estimate of drug-likeness (QED) is 0.287. The number of aliphatic hydroxyl groups is 1. The summed E-state index contributed by atoms with van der Waals surface area (Å²) >= 11 is 3.72. The minimum absolute atomic E-state index is 0.0801. The van der Waals surface area contributed by atoms with Crippen molar-refractivity contribution >= 4 is 39.3 Å². The Kier molecular flexibility index (Phi) is 8.12. The Bertz CT molecular complexity index is 1220. The average molecular weight is 599 g/mol. The van der Waals surface area contributed by atoms with Crippen LogP contribution in [0.4, 0.5) is 5.69 Å². The summed E-state index contributed by atoms with van der Waals surface area (Å²) in [5, 5.41) is 15.3. The topological polar surface area (TPSA) is 108 Å². The molecule has 3 aliphatic heterocycles. The number of halogens is 1. The maximum absolute atomic E-state index is 14.1. The number of alkyl halides is 1. The van der Waals surface area contributed by atoms with Crippen LogP contribution < -0.4 is 10.6 Å². The molecule has 0 aliphatic carbocycles. The lowest BCUT2D eigenvalue weighted by Gasteiger charge is -2.34. The van der Waals surface area contributed by atoms with Gasteiger partial charge in [-0.15, -0.1) is 0 Å². The van der Waals surface area contributed by atoms with Gasteiger partial charge in [0.1, 0.15) is 11.6 Å². The lowest BCUT2D eigenvalue weighted by molar-refractivity contribution is -0.140. The monoisotopic (exact) mass is 597 g/mol. The minimum Gasteiger partial charge on any atom is -0.396 e. The Hall–Kier alpha value is -2.75. The number of carbonyl (C=O) groups excluding carboxylic acids is 3. The van der Waals surface area contributed by atoms with Gasteiger partial charge in [-0.2, -0.15) is 0 Å². The van der Waals surface area contributed by atoms with E-state index in [2.05, 4.69) is 26.6 Å². The summed E-state index contributed by atoms with van der Waals surface area (Å²) in [6.07, 6.45) is 1.97. The SMILES string of the molecule is Cc1cccc(C)c1NC(=O)C1N(CCCCCO)C(=O)[C@@H]2[C@@H](C(=O)NCc3ccccc3)[C@@H]3OC12CC3Br. The zero-order chi connectivity index (χ0) is 27.7. The molecule has 2 aromatic rings. The van der Waals surface area contributed by atoms with Crippen molar-refractivity contribution < 1.29 is 24.2 Å². The van der Waals surface area contributed by atoms with E-state index in [-0.39, 0.29) is 29.2 Å². The number of likely N-dealkylation sites (tertiary alicyclic amines) is 1. The number of unbranched alkanes of at least 4 members (excludes halogenated alkanes) is 2. The number of hydrogen-bond acceptors (Lipinski definition) is 5. The summed E-state index contributed by atoms with van der Waals surface area (Å²) < 4.78 is 6.57. The van der Waals surface area contributed by atoms with E-state index in [9.17, 15) is 19.5 Å². The maximum atomic E-state index is 14.1. The van der Waals surface area contributed by atoms with Crippen LogP contribution >= 0.6 is 15.9 Å².